The van der Waals surface area contributed by atoms with Crippen LogP contribution in [-0.4, -0.2) is 49.0 Å². The van der Waals surface area contributed by atoms with Crippen molar-refractivity contribution in [2.75, 3.05) is 32.8 Å². The molecule has 3 rings (SSSR count). The number of benzene rings is 2. The van der Waals surface area contributed by atoms with Gasteiger partial charge in [-0.05, 0) is 35.4 Å². The molecule has 1 unspecified atom stereocenters. The minimum Gasteiger partial charge on any atom is -0.489 e. The first kappa shape index (κ1) is 18.9. The minimum absolute atomic E-state index is 0.480. The van der Waals surface area contributed by atoms with Crippen molar-refractivity contribution in [3.8, 4) is 5.75 Å². The molecule has 0 bridgehead atoms. The van der Waals surface area contributed by atoms with Crippen LogP contribution in [0.3, 0.4) is 0 Å². The third-order valence-corrected chi connectivity index (χ3v) is 4.47. The maximum absolute atomic E-state index is 10.1. The SMILES string of the molecule is OC(/C=C\c1ccc(OCc2cccc(Cl)c2)cc1)CN1CCOCC1. The van der Waals surface area contributed by atoms with Crippen LogP contribution in [0.15, 0.2) is 54.6 Å². The van der Waals surface area contributed by atoms with Crippen molar-refractivity contribution in [1.82, 2.24) is 4.90 Å². The third-order valence-electron chi connectivity index (χ3n) is 4.23. The minimum atomic E-state index is -0.480. The van der Waals surface area contributed by atoms with Gasteiger partial charge in [0.1, 0.15) is 12.4 Å². The van der Waals surface area contributed by atoms with E-state index in [1.807, 2.05) is 60.7 Å². The van der Waals surface area contributed by atoms with Crippen LogP contribution in [0.5, 0.6) is 5.75 Å². The molecule has 0 amide bonds. The maximum Gasteiger partial charge on any atom is 0.119 e. The van der Waals surface area contributed by atoms with E-state index >= 15 is 0 Å². The van der Waals surface area contributed by atoms with Crippen LogP contribution >= 0.6 is 11.6 Å². The fourth-order valence-corrected chi connectivity index (χ4v) is 3.01. The zero-order valence-electron chi connectivity index (χ0n) is 14.7. The number of ether oxygens (including phenoxy) is 2. The molecule has 138 valence electrons. The van der Waals surface area contributed by atoms with Crippen molar-refractivity contribution in [3.05, 3.63) is 70.8 Å². The van der Waals surface area contributed by atoms with E-state index in [2.05, 4.69) is 4.90 Å². The number of hydrogen-bond acceptors (Lipinski definition) is 4. The molecule has 0 saturated carbocycles. The second-order valence-corrected chi connectivity index (χ2v) is 6.76. The molecule has 1 heterocycles. The summed E-state index contributed by atoms with van der Waals surface area (Å²) in [6.45, 7) is 4.36. The van der Waals surface area contributed by atoms with Gasteiger partial charge in [-0.25, -0.2) is 0 Å². The standard InChI is InChI=1S/C21H24ClNO3/c22-19-3-1-2-18(14-19)16-26-21-8-5-17(6-9-21)4-7-20(24)15-23-10-12-25-13-11-23/h1-9,14,20,24H,10-13,15-16H2/b7-4-. The van der Waals surface area contributed by atoms with Gasteiger partial charge in [-0.3, -0.25) is 4.90 Å². The highest BCUT2D eigenvalue weighted by Crippen LogP contribution is 2.17. The van der Waals surface area contributed by atoms with Crippen LogP contribution in [-0.2, 0) is 11.3 Å². The molecule has 4 nitrogen and oxygen atoms in total. The Morgan fingerprint density at radius 2 is 1.92 bits per heavy atom. The van der Waals surface area contributed by atoms with E-state index in [0.717, 1.165) is 43.2 Å². The molecule has 0 aromatic heterocycles. The Morgan fingerprint density at radius 1 is 1.15 bits per heavy atom. The van der Waals surface area contributed by atoms with E-state index in [1.54, 1.807) is 0 Å². The van der Waals surface area contributed by atoms with E-state index in [4.69, 9.17) is 21.1 Å². The van der Waals surface area contributed by atoms with Gasteiger partial charge in [-0.15, -0.1) is 0 Å². The van der Waals surface area contributed by atoms with Crippen molar-refractivity contribution in [3.63, 3.8) is 0 Å². The summed E-state index contributed by atoms with van der Waals surface area (Å²) in [4.78, 5) is 2.21. The van der Waals surface area contributed by atoms with Crippen molar-refractivity contribution in [2.45, 2.75) is 12.7 Å². The second-order valence-electron chi connectivity index (χ2n) is 6.33. The Labute approximate surface area is 159 Å². The highest BCUT2D eigenvalue weighted by molar-refractivity contribution is 6.30. The number of aliphatic hydroxyl groups excluding tert-OH is 1. The molecule has 1 aliphatic rings. The van der Waals surface area contributed by atoms with Crippen molar-refractivity contribution in [1.29, 1.82) is 0 Å². The third kappa shape index (κ3) is 6.15. The normalized spacial score (nSPS) is 16.7. The monoisotopic (exact) mass is 373 g/mol. The molecule has 2 aromatic carbocycles. The zero-order valence-corrected chi connectivity index (χ0v) is 15.4. The molecular formula is C21H24ClNO3. The topological polar surface area (TPSA) is 41.9 Å². The van der Waals surface area contributed by atoms with Crippen LogP contribution in [0.4, 0.5) is 0 Å². The number of nitrogens with zero attached hydrogens (tertiary/aromatic N) is 1. The lowest BCUT2D eigenvalue weighted by molar-refractivity contribution is 0.0223. The van der Waals surface area contributed by atoms with Gasteiger partial charge in [-0.1, -0.05) is 48.0 Å². The van der Waals surface area contributed by atoms with Gasteiger partial charge < -0.3 is 14.6 Å². The molecule has 1 aliphatic heterocycles. The summed E-state index contributed by atoms with van der Waals surface area (Å²) < 4.78 is 11.1. The molecule has 0 radical (unpaired) electrons. The lowest BCUT2D eigenvalue weighted by Gasteiger charge is -2.27. The summed E-state index contributed by atoms with van der Waals surface area (Å²) in [6, 6.07) is 15.5. The van der Waals surface area contributed by atoms with Crippen LogP contribution in [0.1, 0.15) is 11.1 Å². The van der Waals surface area contributed by atoms with E-state index in [1.165, 1.54) is 0 Å². The van der Waals surface area contributed by atoms with Crippen molar-refractivity contribution >= 4 is 17.7 Å². The van der Waals surface area contributed by atoms with Gasteiger partial charge in [0.2, 0.25) is 0 Å². The highest BCUT2D eigenvalue weighted by Gasteiger charge is 2.12. The van der Waals surface area contributed by atoms with Gasteiger partial charge in [0, 0.05) is 24.7 Å². The molecule has 26 heavy (non-hydrogen) atoms. The summed E-state index contributed by atoms with van der Waals surface area (Å²) in [6.07, 6.45) is 3.29. The Kier molecular flexibility index (Phi) is 7.09. The number of β-amino-alcohol motifs (C(OH)–C–C–N with tert-alkyl or cyclic N) is 1. The molecule has 1 saturated heterocycles. The number of rotatable bonds is 7. The lowest BCUT2D eigenvalue weighted by Crippen LogP contribution is -2.40. The lowest BCUT2D eigenvalue weighted by atomic mass is 10.1. The number of halogens is 1. The van der Waals surface area contributed by atoms with Crippen molar-refractivity contribution in [2.24, 2.45) is 0 Å². The average molecular weight is 374 g/mol. The average Bonchev–Trinajstić information content (AvgIpc) is 2.66. The van der Waals surface area contributed by atoms with Crippen molar-refractivity contribution < 1.29 is 14.6 Å². The van der Waals surface area contributed by atoms with E-state index in [-0.39, 0.29) is 0 Å². The van der Waals surface area contributed by atoms with Gasteiger partial charge in [0.05, 0.1) is 19.3 Å². The van der Waals surface area contributed by atoms with Gasteiger partial charge in [0.25, 0.3) is 0 Å². The van der Waals surface area contributed by atoms with Gasteiger partial charge in [-0.2, -0.15) is 0 Å². The molecule has 0 aliphatic carbocycles. The van der Waals surface area contributed by atoms with E-state index in [9.17, 15) is 5.11 Å². The largest absolute Gasteiger partial charge is 0.489 e. The van der Waals surface area contributed by atoms with Crippen LogP contribution in [0.25, 0.3) is 6.08 Å². The summed E-state index contributed by atoms with van der Waals surface area (Å²) in [5, 5.41) is 10.9. The molecule has 0 spiro atoms. The number of hydrogen-bond donors (Lipinski definition) is 1. The first-order valence-corrected chi connectivity index (χ1v) is 9.20. The van der Waals surface area contributed by atoms with Gasteiger partial charge >= 0.3 is 0 Å². The molecule has 2 aromatic rings. The van der Waals surface area contributed by atoms with Crippen LogP contribution in [0, 0.1) is 0 Å². The first-order chi connectivity index (χ1) is 12.7. The number of morpholine rings is 1. The predicted octanol–water partition coefficient (Wildman–Crippen LogP) is 3.63. The summed E-state index contributed by atoms with van der Waals surface area (Å²) in [5.74, 6) is 0.802. The molecular weight excluding hydrogens is 350 g/mol. The molecule has 1 fully saturated rings. The van der Waals surface area contributed by atoms with Crippen LogP contribution < -0.4 is 4.74 Å². The Hall–Kier alpha value is -1.85. The van der Waals surface area contributed by atoms with Gasteiger partial charge in [0.15, 0.2) is 0 Å². The van der Waals surface area contributed by atoms with Crippen LogP contribution in [0.2, 0.25) is 5.02 Å². The van der Waals surface area contributed by atoms with E-state index < -0.39 is 6.10 Å². The quantitative estimate of drug-likeness (QED) is 0.804. The fourth-order valence-electron chi connectivity index (χ4n) is 2.80. The van der Waals surface area contributed by atoms with E-state index in [0.29, 0.717) is 18.2 Å². The molecule has 1 N–H and O–H groups in total. The zero-order chi connectivity index (χ0) is 18.2. The second kappa shape index (κ2) is 9.74. The maximum atomic E-state index is 10.1. The molecule has 1 atom stereocenters. The fraction of sp³-hybridized carbons (Fsp3) is 0.333. The Balaban J connectivity index is 1.47. The summed E-state index contributed by atoms with van der Waals surface area (Å²) >= 11 is 5.98. The highest BCUT2D eigenvalue weighted by atomic mass is 35.5. The smallest absolute Gasteiger partial charge is 0.119 e. The first-order valence-electron chi connectivity index (χ1n) is 8.83. The Morgan fingerprint density at radius 3 is 2.65 bits per heavy atom. The predicted molar refractivity (Wildman–Crippen MR) is 105 cm³/mol. The summed E-state index contributed by atoms with van der Waals surface area (Å²) in [5.41, 5.74) is 2.06. The summed E-state index contributed by atoms with van der Waals surface area (Å²) in [7, 11) is 0. The molecule has 5 heteroatoms. The number of aliphatic hydroxyl groups is 1. The Bertz CT molecular complexity index is 711.